The van der Waals surface area contributed by atoms with Crippen molar-refractivity contribution in [3.63, 3.8) is 0 Å². The average molecular weight is 206 g/mol. The molecule has 0 bridgehead atoms. The maximum Gasteiger partial charge on any atom is 0.349 e. The van der Waals surface area contributed by atoms with Gasteiger partial charge in [-0.1, -0.05) is 0 Å². The van der Waals surface area contributed by atoms with Gasteiger partial charge in [0.1, 0.15) is 0 Å². The first-order valence-electron chi connectivity index (χ1n) is 2.09. The van der Waals surface area contributed by atoms with Gasteiger partial charge in [0, 0.05) is 7.05 Å². The number of nitrogens with zero attached hydrogens (tertiary/aromatic N) is 1. The Bertz CT molecular complexity index is 312. The van der Waals surface area contributed by atoms with Crippen LogP contribution in [0.15, 0.2) is 0 Å². The molecule has 8 nitrogen and oxygen atoms in total. The molecule has 0 aromatic carbocycles. The zero-order valence-electron chi connectivity index (χ0n) is 5.29. The van der Waals surface area contributed by atoms with E-state index in [1.807, 2.05) is 0 Å². The summed E-state index contributed by atoms with van der Waals surface area (Å²) in [5.41, 5.74) is 0. The molecule has 0 unspecified atom stereocenters. The molecule has 0 rings (SSSR count). The predicted molar refractivity (Wildman–Crippen MR) is 34.0 cm³/mol. The Labute approximate surface area is 63.5 Å². The van der Waals surface area contributed by atoms with Crippen LogP contribution in [0.25, 0.3) is 0 Å². The fraction of sp³-hybridized carbons (Fsp3) is 1.00. The minimum absolute atomic E-state index is 0.164. The van der Waals surface area contributed by atoms with Crippen LogP contribution < -0.4 is 4.83 Å². The quantitative estimate of drug-likeness (QED) is 0.363. The van der Waals surface area contributed by atoms with Gasteiger partial charge in [-0.2, -0.15) is 16.8 Å². The van der Waals surface area contributed by atoms with Gasteiger partial charge in [-0.05, 0) is 0 Å². The predicted octanol–water partition coefficient (Wildman–Crippen LogP) is -1.97. The summed E-state index contributed by atoms with van der Waals surface area (Å²) < 4.78 is 55.9. The van der Waals surface area contributed by atoms with Gasteiger partial charge in [-0.15, -0.1) is 9.25 Å². The number of hydrazine groups is 1. The molecule has 0 aliphatic heterocycles. The largest absolute Gasteiger partial charge is 0.349 e. The third-order valence-electron chi connectivity index (χ3n) is 0.590. The van der Waals surface area contributed by atoms with E-state index in [0.717, 1.165) is 4.83 Å². The molecule has 68 valence electrons. The molecular weight excluding hydrogens is 200 g/mol. The third kappa shape index (κ3) is 5.06. The van der Waals surface area contributed by atoms with E-state index in [4.69, 9.17) is 9.11 Å². The maximum absolute atomic E-state index is 10.1. The van der Waals surface area contributed by atoms with Gasteiger partial charge in [0.15, 0.2) is 0 Å². The lowest BCUT2D eigenvalue weighted by Gasteiger charge is -2.10. The van der Waals surface area contributed by atoms with Crippen LogP contribution in [-0.2, 0) is 20.6 Å². The van der Waals surface area contributed by atoms with Crippen molar-refractivity contribution >= 4 is 20.6 Å². The summed E-state index contributed by atoms with van der Waals surface area (Å²) in [4.78, 5) is 1.08. The van der Waals surface area contributed by atoms with Gasteiger partial charge >= 0.3 is 20.6 Å². The summed E-state index contributed by atoms with van der Waals surface area (Å²) >= 11 is 0. The first-order chi connectivity index (χ1) is 4.63. The van der Waals surface area contributed by atoms with Crippen LogP contribution in [0.5, 0.6) is 0 Å². The Balaban J connectivity index is 4.47. The molecule has 10 heteroatoms. The molecular formula is CH6N2O6S2. The van der Waals surface area contributed by atoms with E-state index in [2.05, 4.69) is 0 Å². The van der Waals surface area contributed by atoms with E-state index in [0.29, 0.717) is 7.05 Å². The van der Waals surface area contributed by atoms with Crippen molar-refractivity contribution in [1.29, 1.82) is 0 Å². The maximum atomic E-state index is 10.1. The fourth-order valence-corrected chi connectivity index (χ4v) is 1.19. The van der Waals surface area contributed by atoms with Crippen LogP contribution in [-0.4, -0.2) is 37.4 Å². The molecule has 0 aliphatic carbocycles. The van der Waals surface area contributed by atoms with Crippen molar-refractivity contribution in [3.05, 3.63) is 0 Å². The lowest BCUT2D eigenvalue weighted by molar-refractivity contribution is 0.347. The monoisotopic (exact) mass is 206 g/mol. The summed E-state index contributed by atoms with van der Waals surface area (Å²) in [7, 11) is -8.63. The SMILES string of the molecule is CN(NS(=O)(=O)O)S(=O)(=O)O. The second kappa shape index (κ2) is 3.00. The fourth-order valence-electron chi connectivity index (χ4n) is 0.210. The summed E-state index contributed by atoms with van der Waals surface area (Å²) in [5.74, 6) is 0. The second-order valence-corrected chi connectivity index (χ2v) is 4.09. The summed E-state index contributed by atoms with van der Waals surface area (Å²) in [6.07, 6.45) is 0. The Kier molecular flexibility index (Phi) is 2.93. The van der Waals surface area contributed by atoms with Gasteiger partial charge in [0.2, 0.25) is 0 Å². The van der Waals surface area contributed by atoms with Crippen molar-refractivity contribution < 1.29 is 25.9 Å². The molecule has 0 atom stereocenters. The van der Waals surface area contributed by atoms with Crippen LogP contribution in [0.4, 0.5) is 0 Å². The van der Waals surface area contributed by atoms with E-state index in [9.17, 15) is 16.8 Å². The number of hydrogen-bond acceptors (Lipinski definition) is 4. The zero-order valence-corrected chi connectivity index (χ0v) is 6.92. The van der Waals surface area contributed by atoms with E-state index in [1.165, 1.54) is 0 Å². The van der Waals surface area contributed by atoms with Crippen molar-refractivity contribution in [2.45, 2.75) is 0 Å². The third-order valence-corrected chi connectivity index (χ3v) is 1.99. The molecule has 0 aliphatic rings. The Morgan fingerprint density at radius 1 is 1.18 bits per heavy atom. The Morgan fingerprint density at radius 2 is 1.55 bits per heavy atom. The molecule has 0 fully saturated rings. The number of rotatable bonds is 3. The zero-order chi connectivity index (χ0) is 9.28. The highest BCUT2D eigenvalue weighted by molar-refractivity contribution is 7.86. The normalized spacial score (nSPS) is 13.8. The van der Waals surface area contributed by atoms with Crippen LogP contribution in [0.1, 0.15) is 0 Å². The molecule has 0 aromatic heterocycles. The van der Waals surface area contributed by atoms with Crippen LogP contribution in [0.2, 0.25) is 0 Å². The minimum atomic E-state index is -4.67. The van der Waals surface area contributed by atoms with Crippen LogP contribution >= 0.6 is 0 Å². The summed E-state index contributed by atoms with van der Waals surface area (Å²) in [6, 6.07) is 0. The Morgan fingerprint density at radius 3 is 1.64 bits per heavy atom. The van der Waals surface area contributed by atoms with Crippen molar-refractivity contribution in [3.8, 4) is 0 Å². The van der Waals surface area contributed by atoms with Gasteiger partial charge in [0.05, 0.1) is 0 Å². The van der Waals surface area contributed by atoms with Crippen LogP contribution in [0.3, 0.4) is 0 Å². The lowest BCUT2D eigenvalue weighted by Crippen LogP contribution is -2.42. The van der Waals surface area contributed by atoms with E-state index >= 15 is 0 Å². The van der Waals surface area contributed by atoms with E-state index in [1.54, 1.807) is 0 Å². The molecule has 0 saturated heterocycles. The Hall–Kier alpha value is -0.260. The minimum Gasteiger partial charge on any atom is -0.273 e. The van der Waals surface area contributed by atoms with E-state index < -0.39 is 20.6 Å². The van der Waals surface area contributed by atoms with Crippen molar-refractivity contribution in [2.24, 2.45) is 0 Å². The average Bonchev–Trinajstić information content (AvgIpc) is 1.56. The smallest absolute Gasteiger partial charge is 0.273 e. The van der Waals surface area contributed by atoms with Gasteiger partial charge in [0.25, 0.3) is 0 Å². The molecule has 0 spiro atoms. The highest BCUT2D eigenvalue weighted by Crippen LogP contribution is 1.87. The first-order valence-corrected chi connectivity index (χ1v) is 4.93. The molecule has 3 N–H and O–H groups in total. The molecule has 0 amide bonds. The molecule has 0 aromatic rings. The second-order valence-electron chi connectivity index (χ2n) is 1.51. The van der Waals surface area contributed by atoms with Crippen molar-refractivity contribution in [2.75, 3.05) is 7.05 Å². The van der Waals surface area contributed by atoms with Gasteiger partial charge in [-0.3, -0.25) is 9.11 Å². The lowest BCUT2D eigenvalue weighted by atomic mass is 11.5. The standard InChI is InChI=1S/CH6N2O6S2/c1-3(11(7,8)9)2-10(4,5)6/h2H,1H3,(H,4,5,6)(H,7,8,9). The molecule has 0 heterocycles. The van der Waals surface area contributed by atoms with Gasteiger partial charge < -0.3 is 0 Å². The number of hydrogen-bond donors (Lipinski definition) is 3. The molecule has 11 heavy (non-hydrogen) atoms. The topological polar surface area (TPSA) is 124 Å². The first kappa shape index (κ1) is 10.7. The van der Waals surface area contributed by atoms with Crippen LogP contribution in [0, 0.1) is 0 Å². The highest BCUT2D eigenvalue weighted by atomic mass is 32.2. The van der Waals surface area contributed by atoms with Gasteiger partial charge in [-0.25, -0.2) is 0 Å². The van der Waals surface area contributed by atoms with E-state index in [-0.39, 0.29) is 4.41 Å². The highest BCUT2D eigenvalue weighted by Gasteiger charge is 2.17. The van der Waals surface area contributed by atoms with Crippen molar-refractivity contribution in [1.82, 2.24) is 9.25 Å². The summed E-state index contributed by atoms with van der Waals surface area (Å²) in [6.45, 7) is 0. The summed E-state index contributed by atoms with van der Waals surface area (Å²) in [5, 5.41) is 0. The molecule has 0 radical (unpaired) electrons. The number of nitrogens with one attached hydrogen (secondary N) is 1. The molecule has 0 saturated carbocycles.